The number of fused-ring (bicyclic) bond motifs is 1. The molecule has 3 N–H and O–H groups in total. The van der Waals surface area contributed by atoms with Gasteiger partial charge in [-0.25, -0.2) is 8.42 Å². The SMILES string of the molecule is Cc1cc(Cc2ccc(S(=O)(=O)C3COC(O)C3C(N)=O)cc2)c2ccccc2n1. The van der Waals surface area contributed by atoms with Crippen LogP contribution < -0.4 is 5.73 Å². The molecule has 0 aliphatic carbocycles. The number of aliphatic hydroxyl groups excluding tert-OH is 1. The van der Waals surface area contributed by atoms with Gasteiger partial charge in [-0.3, -0.25) is 9.78 Å². The first-order chi connectivity index (χ1) is 14.3. The number of amides is 1. The monoisotopic (exact) mass is 426 g/mol. The van der Waals surface area contributed by atoms with E-state index < -0.39 is 33.2 Å². The highest BCUT2D eigenvalue weighted by Gasteiger charge is 2.47. The number of hydrogen-bond acceptors (Lipinski definition) is 6. The third kappa shape index (κ3) is 3.69. The standard InChI is InChI=1S/C22H22N2O5S/c1-13-10-15(17-4-2-3-5-18(17)24-13)11-14-6-8-16(9-7-14)30(27,28)19-12-29-22(26)20(19)21(23)25/h2-10,19-20,22,26H,11-12H2,1H3,(H2,23,25). The Labute approximate surface area is 174 Å². The fourth-order valence-corrected chi connectivity index (χ4v) is 5.70. The molecule has 8 heteroatoms. The predicted molar refractivity (Wildman–Crippen MR) is 111 cm³/mol. The summed E-state index contributed by atoms with van der Waals surface area (Å²) in [4.78, 5) is 16.2. The molecule has 0 bridgehead atoms. The Bertz CT molecular complexity index is 1210. The van der Waals surface area contributed by atoms with Crippen LogP contribution in [0.3, 0.4) is 0 Å². The number of pyridine rings is 1. The number of aliphatic hydroxyl groups is 1. The van der Waals surface area contributed by atoms with E-state index in [1.807, 2.05) is 37.3 Å². The van der Waals surface area contributed by atoms with Crippen LogP contribution in [0.5, 0.6) is 0 Å². The third-order valence-corrected chi connectivity index (χ3v) is 7.60. The summed E-state index contributed by atoms with van der Waals surface area (Å²) in [6.45, 7) is 1.67. The maximum atomic E-state index is 13.0. The van der Waals surface area contributed by atoms with E-state index in [0.717, 1.165) is 27.7 Å². The van der Waals surface area contributed by atoms with Crippen LogP contribution in [0.1, 0.15) is 16.8 Å². The van der Waals surface area contributed by atoms with Crippen LogP contribution in [0, 0.1) is 12.8 Å². The van der Waals surface area contributed by atoms with Crippen LogP contribution in [0.4, 0.5) is 0 Å². The van der Waals surface area contributed by atoms with E-state index in [0.29, 0.717) is 6.42 Å². The maximum absolute atomic E-state index is 13.0. The normalized spacial score (nSPS) is 21.7. The van der Waals surface area contributed by atoms with Crippen molar-refractivity contribution in [3.63, 3.8) is 0 Å². The Morgan fingerprint density at radius 3 is 2.60 bits per heavy atom. The number of aryl methyl sites for hydroxylation is 1. The summed E-state index contributed by atoms with van der Waals surface area (Å²) in [6, 6.07) is 16.5. The number of ether oxygens (including phenoxy) is 1. The molecular formula is C22H22N2O5S. The van der Waals surface area contributed by atoms with Crippen LogP contribution in [0.25, 0.3) is 10.9 Å². The number of para-hydroxylation sites is 1. The fraction of sp³-hybridized carbons (Fsp3) is 0.273. The van der Waals surface area contributed by atoms with Gasteiger partial charge in [-0.1, -0.05) is 30.3 Å². The minimum atomic E-state index is -3.89. The van der Waals surface area contributed by atoms with Crippen molar-refractivity contribution < 1.29 is 23.1 Å². The molecule has 1 aliphatic heterocycles. The van der Waals surface area contributed by atoms with E-state index in [1.54, 1.807) is 12.1 Å². The molecule has 3 unspecified atom stereocenters. The number of nitrogens with two attached hydrogens (primary N) is 1. The van der Waals surface area contributed by atoms with Gasteiger partial charge in [0, 0.05) is 11.1 Å². The Morgan fingerprint density at radius 1 is 1.20 bits per heavy atom. The van der Waals surface area contributed by atoms with Crippen LogP contribution in [-0.2, 0) is 25.8 Å². The minimum Gasteiger partial charge on any atom is -0.369 e. The van der Waals surface area contributed by atoms with Gasteiger partial charge in [-0.2, -0.15) is 0 Å². The largest absolute Gasteiger partial charge is 0.369 e. The lowest BCUT2D eigenvalue weighted by molar-refractivity contribution is -0.133. The van der Waals surface area contributed by atoms with E-state index in [9.17, 15) is 18.3 Å². The van der Waals surface area contributed by atoms with Crippen molar-refractivity contribution in [3.05, 3.63) is 71.4 Å². The first-order valence-corrected chi connectivity index (χ1v) is 11.1. The van der Waals surface area contributed by atoms with Crippen LogP contribution in [0.2, 0.25) is 0 Å². The molecule has 0 radical (unpaired) electrons. The molecule has 156 valence electrons. The summed E-state index contributed by atoms with van der Waals surface area (Å²) in [5.41, 5.74) is 9.16. The Morgan fingerprint density at radius 2 is 1.90 bits per heavy atom. The summed E-state index contributed by atoms with van der Waals surface area (Å²) < 4.78 is 30.9. The topological polar surface area (TPSA) is 120 Å². The molecule has 0 saturated carbocycles. The number of benzene rings is 2. The number of rotatable bonds is 5. The van der Waals surface area contributed by atoms with Crippen molar-refractivity contribution in [2.24, 2.45) is 11.7 Å². The van der Waals surface area contributed by atoms with Crippen molar-refractivity contribution in [2.45, 2.75) is 29.8 Å². The van der Waals surface area contributed by atoms with E-state index in [2.05, 4.69) is 4.98 Å². The van der Waals surface area contributed by atoms with Gasteiger partial charge in [0.2, 0.25) is 5.91 Å². The van der Waals surface area contributed by atoms with E-state index in [4.69, 9.17) is 10.5 Å². The van der Waals surface area contributed by atoms with Gasteiger partial charge in [0.05, 0.1) is 17.0 Å². The molecule has 2 aromatic carbocycles. The van der Waals surface area contributed by atoms with E-state index in [1.165, 1.54) is 12.1 Å². The van der Waals surface area contributed by atoms with E-state index >= 15 is 0 Å². The maximum Gasteiger partial charge on any atom is 0.227 e. The fourth-order valence-electron chi connectivity index (χ4n) is 3.92. The molecule has 1 saturated heterocycles. The molecule has 1 fully saturated rings. The summed E-state index contributed by atoms with van der Waals surface area (Å²) >= 11 is 0. The van der Waals surface area contributed by atoms with Gasteiger partial charge in [0.15, 0.2) is 16.1 Å². The average molecular weight is 426 g/mol. The second kappa shape index (κ2) is 7.79. The lowest BCUT2D eigenvalue weighted by atomic mass is 10.0. The number of hydrogen-bond donors (Lipinski definition) is 2. The molecule has 7 nitrogen and oxygen atoms in total. The van der Waals surface area contributed by atoms with Gasteiger partial charge in [-0.15, -0.1) is 0 Å². The van der Waals surface area contributed by atoms with E-state index in [-0.39, 0.29) is 11.5 Å². The highest BCUT2D eigenvalue weighted by molar-refractivity contribution is 7.92. The number of primary amides is 1. The molecule has 4 rings (SSSR count). The number of sulfone groups is 1. The molecule has 30 heavy (non-hydrogen) atoms. The van der Waals surface area contributed by atoms with Gasteiger partial charge < -0.3 is 15.6 Å². The zero-order valence-electron chi connectivity index (χ0n) is 16.4. The van der Waals surface area contributed by atoms with Gasteiger partial charge >= 0.3 is 0 Å². The number of carbonyl (C=O) groups excluding carboxylic acids is 1. The molecule has 3 aromatic rings. The zero-order chi connectivity index (χ0) is 21.5. The molecule has 2 heterocycles. The Balaban J connectivity index is 1.62. The van der Waals surface area contributed by atoms with Gasteiger partial charge in [-0.05, 0) is 48.7 Å². The third-order valence-electron chi connectivity index (χ3n) is 5.44. The molecule has 1 amide bonds. The first-order valence-electron chi connectivity index (χ1n) is 9.54. The van der Waals surface area contributed by atoms with Gasteiger partial charge in [0.1, 0.15) is 11.2 Å². The smallest absolute Gasteiger partial charge is 0.227 e. The molecular weight excluding hydrogens is 404 g/mol. The van der Waals surface area contributed by atoms with Crippen molar-refractivity contribution in [1.82, 2.24) is 4.98 Å². The lowest BCUT2D eigenvalue weighted by Gasteiger charge is -2.17. The average Bonchev–Trinajstić information content (AvgIpc) is 3.11. The lowest BCUT2D eigenvalue weighted by Crippen LogP contribution is -2.40. The predicted octanol–water partition coefficient (Wildman–Crippen LogP) is 1.73. The van der Waals surface area contributed by atoms with Crippen LogP contribution in [0.15, 0.2) is 59.5 Å². The van der Waals surface area contributed by atoms with Crippen molar-refractivity contribution in [3.8, 4) is 0 Å². The van der Waals surface area contributed by atoms with Gasteiger partial charge in [0.25, 0.3) is 0 Å². The highest BCUT2D eigenvalue weighted by atomic mass is 32.2. The van der Waals surface area contributed by atoms with Crippen molar-refractivity contribution >= 4 is 26.6 Å². The zero-order valence-corrected chi connectivity index (χ0v) is 17.2. The summed E-state index contributed by atoms with van der Waals surface area (Å²) in [5.74, 6) is -2.19. The molecule has 1 aromatic heterocycles. The van der Waals surface area contributed by atoms with Crippen molar-refractivity contribution in [1.29, 1.82) is 0 Å². The second-order valence-electron chi connectivity index (χ2n) is 7.50. The van der Waals surface area contributed by atoms with Crippen molar-refractivity contribution in [2.75, 3.05) is 6.61 Å². The quantitative estimate of drug-likeness (QED) is 0.641. The van der Waals surface area contributed by atoms with Crippen LogP contribution >= 0.6 is 0 Å². The molecule has 3 atom stereocenters. The first kappa shape index (κ1) is 20.5. The Kier molecular flexibility index (Phi) is 5.31. The number of nitrogens with zero attached hydrogens (tertiary/aromatic N) is 1. The Hall–Kier alpha value is -2.81. The number of carbonyl (C=O) groups is 1. The number of aromatic nitrogens is 1. The molecule has 0 spiro atoms. The van der Waals surface area contributed by atoms with Crippen LogP contribution in [-0.4, -0.2) is 42.6 Å². The summed E-state index contributed by atoms with van der Waals surface area (Å²) in [7, 11) is -3.89. The highest BCUT2D eigenvalue weighted by Crippen LogP contribution is 2.30. The minimum absolute atomic E-state index is 0.0657. The summed E-state index contributed by atoms with van der Waals surface area (Å²) in [6.07, 6.45) is -0.885. The molecule has 1 aliphatic rings. The summed E-state index contributed by atoms with van der Waals surface area (Å²) in [5, 5.41) is 9.62. The second-order valence-corrected chi connectivity index (χ2v) is 9.66.